The van der Waals surface area contributed by atoms with E-state index in [4.69, 9.17) is 0 Å². The van der Waals surface area contributed by atoms with Crippen LogP contribution >= 0.6 is 0 Å². The van der Waals surface area contributed by atoms with Gasteiger partial charge in [0.15, 0.2) is 0 Å². The molecule has 1 heterocycles. The second-order valence-corrected chi connectivity index (χ2v) is 1.52. The lowest BCUT2D eigenvalue weighted by Crippen LogP contribution is -2.23. The Balaban J connectivity index is 2.55. The van der Waals surface area contributed by atoms with E-state index in [0.29, 0.717) is 0 Å². The molecule has 8 heavy (non-hydrogen) atoms. The van der Waals surface area contributed by atoms with Gasteiger partial charge in [0.1, 0.15) is 0 Å². The van der Waals surface area contributed by atoms with E-state index in [0.717, 1.165) is 0 Å². The molecule has 0 aliphatic carbocycles. The fourth-order valence-corrected chi connectivity index (χ4v) is 0.451. The minimum absolute atomic E-state index is 0.145. The number of amides is 1. The third kappa shape index (κ3) is 1.02. The maximum Gasteiger partial charge on any atom is 0.240 e. The second-order valence-electron chi connectivity index (χ2n) is 1.52. The van der Waals surface area contributed by atoms with Crippen molar-refractivity contribution in [1.29, 1.82) is 0 Å². The third-order valence-corrected chi connectivity index (χ3v) is 0.860. The number of carbonyl (C=O) groups is 1. The van der Waals surface area contributed by atoms with Gasteiger partial charge in [0.2, 0.25) is 11.9 Å². The number of carbonyl (C=O) groups excluding carboxylic acids is 1. The minimum atomic E-state index is -0.496. The molecule has 3 nitrogen and oxygen atoms in total. The number of nitrogens with zero attached hydrogens (tertiary/aromatic N) is 1. The molecular weight excluding hydrogens is 111 g/mol. The summed E-state index contributed by atoms with van der Waals surface area (Å²) in [4.78, 5) is 10.2. The van der Waals surface area contributed by atoms with Crippen LogP contribution in [0.3, 0.4) is 0 Å². The first kappa shape index (κ1) is 5.21. The van der Waals surface area contributed by atoms with Gasteiger partial charge in [-0.3, -0.25) is 4.79 Å². The monoisotopic (exact) mass is 116 g/mol. The van der Waals surface area contributed by atoms with Crippen molar-refractivity contribution in [2.45, 2.75) is 12.8 Å². The van der Waals surface area contributed by atoms with Gasteiger partial charge in [-0.15, -0.1) is 5.10 Å². The number of rotatable bonds is 0. The largest absolute Gasteiger partial charge is 0.273 e. The van der Waals surface area contributed by atoms with Crippen LogP contribution < -0.4 is 5.43 Å². The van der Waals surface area contributed by atoms with Crippen LogP contribution in [-0.4, -0.2) is 11.9 Å². The van der Waals surface area contributed by atoms with Gasteiger partial charge < -0.3 is 0 Å². The molecule has 0 fully saturated rings. The van der Waals surface area contributed by atoms with E-state index < -0.39 is 5.97 Å². The molecule has 0 aromatic rings. The maximum atomic E-state index is 11.9. The van der Waals surface area contributed by atoms with E-state index in [1.807, 2.05) is 5.43 Å². The van der Waals surface area contributed by atoms with Gasteiger partial charge >= 0.3 is 0 Å². The molecule has 0 aromatic carbocycles. The summed E-state index contributed by atoms with van der Waals surface area (Å²) in [6.45, 7) is 0. The first-order valence-corrected chi connectivity index (χ1v) is 2.30. The quantitative estimate of drug-likeness (QED) is 0.482. The van der Waals surface area contributed by atoms with Crippen molar-refractivity contribution in [3.05, 3.63) is 0 Å². The smallest absolute Gasteiger partial charge is 0.240 e. The minimum Gasteiger partial charge on any atom is -0.273 e. The molecule has 1 N–H and O–H groups in total. The Bertz CT molecular complexity index is 143. The van der Waals surface area contributed by atoms with Gasteiger partial charge in [0.25, 0.3) is 0 Å². The van der Waals surface area contributed by atoms with Crippen molar-refractivity contribution >= 4 is 11.9 Å². The summed E-state index contributed by atoms with van der Waals surface area (Å²) in [5.74, 6) is -0.712. The van der Waals surface area contributed by atoms with E-state index in [9.17, 15) is 9.18 Å². The lowest BCUT2D eigenvalue weighted by molar-refractivity contribution is -0.121. The molecule has 0 atom stereocenters. The normalized spacial score (nSPS) is 19.6. The number of hydrogen-bond acceptors (Lipinski definition) is 2. The van der Waals surface area contributed by atoms with Crippen LogP contribution in [0.5, 0.6) is 0 Å². The highest BCUT2D eigenvalue weighted by atomic mass is 19.1. The zero-order valence-corrected chi connectivity index (χ0v) is 4.15. The van der Waals surface area contributed by atoms with Gasteiger partial charge in [-0.2, -0.15) is 4.39 Å². The highest BCUT2D eigenvalue weighted by molar-refractivity contribution is 5.87. The number of nitrogens with one attached hydrogen (secondary N) is 1. The van der Waals surface area contributed by atoms with Crippen LogP contribution in [0.4, 0.5) is 4.39 Å². The van der Waals surface area contributed by atoms with E-state index in [-0.39, 0.29) is 18.7 Å². The average Bonchev–Trinajstić information content (AvgIpc) is 1.77. The molecule has 1 aliphatic rings. The molecule has 0 aromatic heterocycles. The van der Waals surface area contributed by atoms with Crippen molar-refractivity contribution in [2.24, 2.45) is 5.10 Å². The Morgan fingerprint density at radius 1 is 1.62 bits per heavy atom. The van der Waals surface area contributed by atoms with Crippen LogP contribution in [0, 0.1) is 0 Å². The van der Waals surface area contributed by atoms with E-state index in [1.165, 1.54) is 0 Å². The summed E-state index contributed by atoms with van der Waals surface area (Å²) < 4.78 is 11.9. The molecule has 44 valence electrons. The fourth-order valence-electron chi connectivity index (χ4n) is 0.451. The lowest BCUT2D eigenvalue weighted by Gasteiger charge is -2.03. The second kappa shape index (κ2) is 1.90. The number of halogens is 1. The third-order valence-electron chi connectivity index (χ3n) is 0.860. The number of hydrazone groups is 1. The molecule has 0 saturated heterocycles. The maximum absolute atomic E-state index is 11.9. The van der Waals surface area contributed by atoms with Crippen LogP contribution in [0.15, 0.2) is 5.10 Å². The van der Waals surface area contributed by atoms with Gasteiger partial charge in [0, 0.05) is 12.8 Å². The molecule has 1 rings (SSSR count). The summed E-state index contributed by atoms with van der Waals surface area (Å²) in [7, 11) is 0. The SMILES string of the molecule is O=C1CCC(F)=NN1. The van der Waals surface area contributed by atoms with Crippen LogP contribution in [0.2, 0.25) is 0 Å². The average molecular weight is 116 g/mol. The Hall–Kier alpha value is -0.930. The van der Waals surface area contributed by atoms with Gasteiger partial charge in [0.05, 0.1) is 0 Å². The van der Waals surface area contributed by atoms with Crippen molar-refractivity contribution in [3.8, 4) is 0 Å². The molecular formula is C4H5FN2O. The molecule has 1 aliphatic heterocycles. The molecule has 0 radical (unpaired) electrons. The lowest BCUT2D eigenvalue weighted by atomic mass is 10.3. The van der Waals surface area contributed by atoms with Gasteiger partial charge in [-0.25, -0.2) is 5.43 Å². The predicted octanol–water partition coefficient (Wildman–Crippen LogP) is 0.179. The zero-order valence-electron chi connectivity index (χ0n) is 4.15. The first-order chi connectivity index (χ1) is 3.79. The molecule has 1 amide bonds. The Morgan fingerprint density at radius 2 is 2.38 bits per heavy atom. The highest BCUT2D eigenvalue weighted by Gasteiger charge is 2.08. The standard InChI is InChI=1S/C4H5FN2O/c5-3-1-2-4(8)7-6-3/h1-2H2,(H,7,8). The Morgan fingerprint density at radius 3 is 2.75 bits per heavy atom. The predicted molar refractivity (Wildman–Crippen MR) is 25.9 cm³/mol. The van der Waals surface area contributed by atoms with E-state index >= 15 is 0 Å². The van der Waals surface area contributed by atoms with Crippen LogP contribution in [0.25, 0.3) is 0 Å². The molecule has 4 heteroatoms. The van der Waals surface area contributed by atoms with E-state index in [2.05, 4.69) is 5.10 Å². The molecule has 0 saturated carbocycles. The first-order valence-electron chi connectivity index (χ1n) is 2.30. The van der Waals surface area contributed by atoms with Gasteiger partial charge in [-0.05, 0) is 0 Å². The van der Waals surface area contributed by atoms with E-state index in [1.54, 1.807) is 0 Å². The highest BCUT2D eigenvalue weighted by Crippen LogP contribution is 1.98. The van der Waals surface area contributed by atoms with Crippen LogP contribution in [0.1, 0.15) is 12.8 Å². The van der Waals surface area contributed by atoms with Gasteiger partial charge in [-0.1, -0.05) is 0 Å². The fraction of sp³-hybridized carbons (Fsp3) is 0.500. The molecule has 0 bridgehead atoms. The Labute approximate surface area is 45.6 Å². The summed E-state index contributed by atoms with van der Waals surface area (Å²) in [5.41, 5.74) is 2.01. The van der Waals surface area contributed by atoms with Crippen molar-refractivity contribution < 1.29 is 9.18 Å². The van der Waals surface area contributed by atoms with Crippen molar-refractivity contribution in [1.82, 2.24) is 5.43 Å². The molecule has 0 spiro atoms. The molecule has 0 unspecified atom stereocenters. The summed E-state index contributed by atoms with van der Waals surface area (Å²) in [6.07, 6.45) is 0.362. The van der Waals surface area contributed by atoms with Crippen LogP contribution in [-0.2, 0) is 4.79 Å². The van der Waals surface area contributed by atoms with Crippen molar-refractivity contribution in [3.63, 3.8) is 0 Å². The van der Waals surface area contributed by atoms with Crippen molar-refractivity contribution in [2.75, 3.05) is 0 Å². The summed E-state index contributed by atoms with van der Waals surface area (Å²) in [6, 6.07) is 0. The number of hydrogen-bond donors (Lipinski definition) is 1. The summed E-state index contributed by atoms with van der Waals surface area (Å²) >= 11 is 0. The summed E-state index contributed by atoms with van der Waals surface area (Å²) in [5, 5.41) is 3.06. The zero-order chi connectivity index (χ0) is 5.98. The Kier molecular flexibility index (Phi) is 1.24. The topological polar surface area (TPSA) is 41.5 Å².